The Labute approximate surface area is 130 Å². The van der Waals surface area contributed by atoms with E-state index in [-0.39, 0.29) is 17.9 Å². The van der Waals surface area contributed by atoms with E-state index in [2.05, 4.69) is 10.6 Å². The molecule has 0 aromatic heterocycles. The molecule has 22 heavy (non-hydrogen) atoms. The maximum Gasteiger partial charge on any atom is 0.239 e. The van der Waals surface area contributed by atoms with E-state index in [1.165, 1.54) is 0 Å². The topological polar surface area (TPSA) is 76.7 Å². The zero-order chi connectivity index (χ0) is 16.3. The minimum atomic E-state index is -1.17. The average Bonchev–Trinajstić information content (AvgIpc) is 2.46. The molecule has 1 aliphatic rings. The minimum Gasteiger partial charge on any atom is -0.486 e. The molecule has 0 saturated heterocycles. The predicted octanol–water partition coefficient (Wildman–Crippen LogP) is 1.95. The third kappa shape index (κ3) is 3.50. The summed E-state index contributed by atoms with van der Waals surface area (Å²) in [4.78, 5) is 24.5. The van der Waals surface area contributed by atoms with Gasteiger partial charge in [0.25, 0.3) is 0 Å². The van der Waals surface area contributed by atoms with E-state index in [4.69, 9.17) is 9.47 Å². The van der Waals surface area contributed by atoms with Crippen molar-refractivity contribution in [2.75, 3.05) is 18.5 Å². The lowest BCUT2D eigenvalue weighted by Gasteiger charge is -2.24. The number of nitrogens with one attached hydrogen (secondary N) is 2. The van der Waals surface area contributed by atoms with Gasteiger partial charge in [0.05, 0.1) is 0 Å². The van der Waals surface area contributed by atoms with E-state index < -0.39 is 5.41 Å². The Balaban J connectivity index is 2.09. The van der Waals surface area contributed by atoms with Crippen LogP contribution >= 0.6 is 0 Å². The van der Waals surface area contributed by atoms with Gasteiger partial charge in [-0.2, -0.15) is 0 Å². The van der Waals surface area contributed by atoms with Crippen LogP contribution in [-0.2, 0) is 9.59 Å². The van der Waals surface area contributed by atoms with Gasteiger partial charge in [0.2, 0.25) is 11.8 Å². The number of hydrogen-bond donors (Lipinski definition) is 2. The maximum absolute atomic E-state index is 12.4. The second-order valence-corrected chi connectivity index (χ2v) is 6.07. The van der Waals surface area contributed by atoms with Crippen molar-refractivity contribution >= 4 is 17.5 Å². The molecule has 1 aromatic carbocycles. The number of rotatable bonds is 4. The van der Waals surface area contributed by atoms with Crippen molar-refractivity contribution in [2.45, 2.75) is 33.7 Å². The first-order valence-electron chi connectivity index (χ1n) is 7.33. The van der Waals surface area contributed by atoms with Crippen LogP contribution in [0.5, 0.6) is 11.5 Å². The van der Waals surface area contributed by atoms with Crippen LogP contribution < -0.4 is 20.1 Å². The molecule has 6 nitrogen and oxygen atoms in total. The zero-order valence-electron chi connectivity index (χ0n) is 13.4. The lowest BCUT2D eigenvalue weighted by Crippen LogP contribution is -2.47. The molecule has 0 bridgehead atoms. The molecule has 120 valence electrons. The van der Waals surface area contributed by atoms with Crippen molar-refractivity contribution in [3.63, 3.8) is 0 Å². The second kappa shape index (κ2) is 6.25. The van der Waals surface area contributed by atoms with Gasteiger partial charge in [-0.05, 0) is 39.8 Å². The molecule has 0 saturated carbocycles. The SMILES string of the molecule is CC(C)NC(=O)C(C)(C)C(=O)Nc1ccc2c(c1)OCCO2. The summed E-state index contributed by atoms with van der Waals surface area (Å²) >= 11 is 0. The Morgan fingerprint density at radius 3 is 2.36 bits per heavy atom. The largest absolute Gasteiger partial charge is 0.486 e. The Bertz CT molecular complexity index is 582. The van der Waals surface area contributed by atoms with Crippen molar-refractivity contribution in [1.29, 1.82) is 0 Å². The summed E-state index contributed by atoms with van der Waals surface area (Å²) in [6.45, 7) is 7.89. The first-order chi connectivity index (χ1) is 10.3. The van der Waals surface area contributed by atoms with Crippen LogP contribution in [0.4, 0.5) is 5.69 Å². The number of fused-ring (bicyclic) bond motifs is 1. The van der Waals surface area contributed by atoms with Crippen LogP contribution in [0.3, 0.4) is 0 Å². The highest BCUT2D eigenvalue weighted by Crippen LogP contribution is 2.33. The number of anilines is 1. The fourth-order valence-electron chi connectivity index (χ4n) is 1.95. The third-order valence-corrected chi connectivity index (χ3v) is 3.36. The van der Waals surface area contributed by atoms with Gasteiger partial charge in [-0.25, -0.2) is 0 Å². The Morgan fingerprint density at radius 2 is 1.73 bits per heavy atom. The van der Waals surface area contributed by atoms with Crippen LogP contribution in [0.15, 0.2) is 18.2 Å². The van der Waals surface area contributed by atoms with Gasteiger partial charge in [-0.1, -0.05) is 0 Å². The molecule has 0 atom stereocenters. The van der Waals surface area contributed by atoms with Gasteiger partial charge in [-0.3, -0.25) is 9.59 Å². The van der Waals surface area contributed by atoms with Gasteiger partial charge in [0.15, 0.2) is 11.5 Å². The summed E-state index contributed by atoms with van der Waals surface area (Å²) in [5.74, 6) is 0.564. The maximum atomic E-state index is 12.4. The number of amides is 2. The lowest BCUT2D eigenvalue weighted by molar-refractivity contribution is -0.138. The van der Waals surface area contributed by atoms with E-state index in [9.17, 15) is 9.59 Å². The number of benzene rings is 1. The van der Waals surface area contributed by atoms with Gasteiger partial charge < -0.3 is 20.1 Å². The fraction of sp³-hybridized carbons (Fsp3) is 0.500. The lowest BCUT2D eigenvalue weighted by atomic mass is 9.90. The molecule has 6 heteroatoms. The molecule has 0 spiro atoms. The standard InChI is InChI=1S/C16H22N2O4/c1-10(2)17-14(19)16(3,4)15(20)18-11-5-6-12-13(9-11)22-8-7-21-12/h5-6,9-10H,7-8H2,1-4H3,(H,17,19)(H,18,20). The summed E-state index contributed by atoms with van der Waals surface area (Å²) in [5, 5.41) is 5.51. The Kier molecular flexibility index (Phi) is 4.59. The molecule has 0 aliphatic carbocycles. The summed E-state index contributed by atoms with van der Waals surface area (Å²) in [5.41, 5.74) is -0.600. The van der Waals surface area contributed by atoms with E-state index in [0.717, 1.165) is 0 Å². The monoisotopic (exact) mass is 306 g/mol. The molecule has 1 aliphatic heterocycles. The van der Waals surface area contributed by atoms with Gasteiger partial charge in [-0.15, -0.1) is 0 Å². The molecular formula is C16H22N2O4. The van der Waals surface area contributed by atoms with E-state index in [0.29, 0.717) is 30.4 Å². The normalized spacial score (nSPS) is 13.7. The molecule has 0 fully saturated rings. The molecule has 1 aromatic rings. The molecular weight excluding hydrogens is 284 g/mol. The van der Waals surface area contributed by atoms with Crippen molar-refractivity contribution in [1.82, 2.24) is 5.32 Å². The molecule has 0 radical (unpaired) electrons. The molecule has 0 unspecified atom stereocenters. The number of hydrogen-bond acceptors (Lipinski definition) is 4. The predicted molar refractivity (Wildman–Crippen MR) is 83.1 cm³/mol. The minimum absolute atomic E-state index is 0.0196. The highest BCUT2D eigenvalue weighted by Gasteiger charge is 2.36. The second-order valence-electron chi connectivity index (χ2n) is 6.07. The van der Waals surface area contributed by atoms with E-state index in [1.807, 2.05) is 13.8 Å². The van der Waals surface area contributed by atoms with E-state index >= 15 is 0 Å². The van der Waals surface area contributed by atoms with Gasteiger partial charge >= 0.3 is 0 Å². The quantitative estimate of drug-likeness (QED) is 0.834. The Hall–Kier alpha value is -2.24. The van der Waals surface area contributed by atoms with Crippen LogP contribution in [0.2, 0.25) is 0 Å². The first-order valence-corrected chi connectivity index (χ1v) is 7.33. The average molecular weight is 306 g/mol. The molecule has 2 amide bonds. The van der Waals surface area contributed by atoms with Crippen LogP contribution in [-0.4, -0.2) is 31.1 Å². The third-order valence-electron chi connectivity index (χ3n) is 3.36. The van der Waals surface area contributed by atoms with Crippen LogP contribution in [0.1, 0.15) is 27.7 Å². The summed E-state index contributed by atoms with van der Waals surface area (Å²) in [7, 11) is 0. The van der Waals surface area contributed by atoms with Crippen molar-refractivity contribution in [3.05, 3.63) is 18.2 Å². The van der Waals surface area contributed by atoms with Gasteiger partial charge in [0.1, 0.15) is 18.6 Å². The number of carbonyl (C=O) groups excluding carboxylic acids is 2. The van der Waals surface area contributed by atoms with Crippen molar-refractivity contribution in [3.8, 4) is 11.5 Å². The number of carbonyl (C=O) groups is 2. The first kappa shape index (κ1) is 16.1. The van der Waals surface area contributed by atoms with Crippen molar-refractivity contribution < 1.29 is 19.1 Å². The summed E-state index contributed by atoms with van der Waals surface area (Å²) in [6.07, 6.45) is 0. The summed E-state index contributed by atoms with van der Waals surface area (Å²) in [6, 6.07) is 5.14. The fourth-order valence-corrected chi connectivity index (χ4v) is 1.95. The van der Waals surface area contributed by atoms with Crippen LogP contribution in [0.25, 0.3) is 0 Å². The van der Waals surface area contributed by atoms with Crippen molar-refractivity contribution in [2.24, 2.45) is 5.41 Å². The van der Waals surface area contributed by atoms with Gasteiger partial charge in [0, 0.05) is 17.8 Å². The number of ether oxygens (including phenoxy) is 2. The highest BCUT2D eigenvalue weighted by molar-refractivity contribution is 6.10. The van der Waals surface area contributed by atoms with Crippen LogP contribution in [0, 0.1) is 5.41 Å². The highest BCUT2D eigenvalue weighted by atomic mass is 16.6. The molecule has 1 heterocycles. The van der Waals surface area contributed by atoms with E-state index in [1.54, 1.807) is 32.0 Å². The smallest absolute Gasteiger partial charge is 0.239 e. The molecule has 2 N–H and O–H groups in total. The molecule has 2 rings (SSSR count). The Morgan fingerprint density at radius 1 is 1.09 bits per heavy atom. The summed E-state index contributed by atoms with van der Waals surface area (Å²) < 4.78 is 10.9. The zero-order valence-corrected chi connectivity index (χ0v) is 13.4.